The molecule has 1 saturated carbocycles. The molecule has 4 aliphatic rings. The van der Waals surface area contributed by atoms with Gasteiger partial charge in [0.25, 0.3) is 0 Å². The highest BCUT2D eigenvalue weighted by molar-refractivity contribution is 8.01. The Morgan fingerprint density at radius 2 is 2.05 bits per heavy atom. The summed E-state index contributed by atoms with van der Waals surface area (Å²) in [7, 11) is 0. The van der Waals surface area contributed by atoms with Gasteiger partial charge in [-0.2, -0.15) is 0 Å². The molecular weight excluding hydrogens is 256 g/mol. The standard InChI is InChI=1S/C16H18O2S/c1-2-7-13-10(4-1)9-17-16(18-13)8-14-11-5-3-6-12(11)15(16)19-14/h1-2,4,7,11-12,14-15H,3,5-6,8-9H2. The Morgan fingerprint density at radius 1 is 1.16 bits per heavy atom. The van der Waals surface area contributed by atoms with Crippen LogP contribution in [0, 0.1) is 11.8 Å². The minimum Gasteiger partial charge on any atom is -0.461 e. The summed E-state index contributed by atoms with van der Waals surface area (Å²) >= 11 is 2.15. The van der Waals surface area contributed by atoms with Gasteiger partial charge in [-0.05, 0) is 30.7 Å². The van der Waals surface area contributed by atoms with Gasteiger partial charge in [-0.1, -0.05) is 24.6 Å². The van der Waals surface area contributed by atoms with Crippen molar-refractivity contribution in [2.75, 3.05) is 0 Å². The molecule has 3 fully saturated rings. The summed E-state index contributed by atoms with van der Waals surface area (Å²) in [6.45, 7) is 0.720. The molecule has 0 aromatic heterocycles. The molecule has 1 spiro atoms. The first-order valence-electron chi connectivity index (χ1n) is 7.42. The zero-order valence-electron chi connectivity index (χ0n) is 10.9. The number of para-hydroxylation sites is 1. The molecule has 3 aliphatic heterocycles. The Labute approximate surface area is 117 Å². The van der Waals surface area contributed by atoms with Gasteiger partial charge in [-0.25, -0.2) is 0 Å². The van der Waals surface area contributed by atoms with Crippen LogP contribution in [0.1, 0.15) is 31.2 Å². The lowest BCUT2D eigenvalue weighted by Gasteiger charge is -2.44. The third kappa shape index (κ3) is 1.38. The van der Waals surface area contributed by atoms with Gasteiger partial charge in [0.2, 0.25) is 5.79 Å². The first kappa shape index (κ1) is 11.0. The highest BCUT2D eigenvalue weighted by Gasteiger charge is 2.65. The molecule has 1 aromatic carbocycles. The second kappa shape index (κ2) is 3.70. The van der Waals surface area contributed by atoms with E-state index in [0.717, 1.165) is 35.9 Å². The molecule has 2 saturated heterocycles. The number of ether oxygens (including phenoxy) is 2. The van der Waals surface area contributed by atoms with Crippen LogP contribution in [0.5, 0.6) is 5.75 Å². The molecule has 5 atom stereocenters. The molecule has 2 nitrogen and oxygen atoms in total. The molecule has 3 heteroatoms. The molecule has 1 aromatic rings. The lowest BCUT2D eigenvalue weighted by Crippen LogP contribution is -2.53. The van der Waals surface area contributed by atoms with Crippen molar-refractivity contribution in [2.24, 2.45) is 11.8 Å². The van der Waals surface area contributed by atoms with E-state index in [1.165, 1.54) is 24.8 Å². The number of fused-ring (bicyclic) bond motifs is 7. The lowest BCUT2D eigenvalue weighted by molar-refractivity contribution is -0.220. The minimum absolute atomic E-state index is 0.310. The fraction of sp³-hybridized carbons (Fsp3) is 0.625. The van der Waals surface area contributed by atoms with Crippen LogP contribution in [0.25, 0.3) is 0 Å². The summed E-state index contributed by atoms with van der Waals surface area (Å²) in [4.78, 5) is 0. The van der Waals surface area contributed by atoms with Crippen molar-refractivity contribution in [3.8, 4) is 5.75 Å². The van der Waals surface area contributed by atoms with Crippen molar-refractivity contribution in [1.82, 2.24) is 0 Å². The molecule has 1 aliphatic carbocycles. The van der Waals surface area contributed by atoms with Crippen LogP contribution >= 0.6 is 11.8 Å². The molecule has 5 rings (SSSR count). The van der Waals surface area contributed by atoms with E-state index in [9.17, 15) is 0 Å². The Kier molecular flexibility index (Phi) is 2.15. The first-order chi connectivity index (χ1) is 9.36. The van der Waals surface area contributed by atoms with E-state index in [0.29, 0.717) is 5.25 Å². The maximum atomic E-state index is 6.38. The van der Waals surface area contributed by atoms with Crippen LogP contribution in [-0.4, -0.2) is 16.3 Å². The van der Waals surface area contributed by atoms with Crippen LogP contribution < -0.4 is 4.74 Å². The lowest BCUT2D eigenvalue weighted by atomic mass is 9.78. The third-order valence-corrected chi connectivity index (χ3v) is 7.33. The van der Waals surface area contributed by atoms with Gasteiger partial charge in [0.15, 0.2) is 0 Å². The van der Waals surface area contributed by atoms with E-state index in [2.05, 4.69) is 36.0 Å². The van der Waals surface area contributed by atoms with Crippen molar-refractivity contribution < 1.29 is 9.47 Å². The number of rotatable bonds is 0. The number of thioether (sulfide) groups is 1. The summed E-state index contributed by atoms with van der Waals surface area (Å²) < 4.78 is 12.6. The van der Waals surface area contributed by atoms with Gasteiger partial charge < -0.3 is 9.47 Å². The zero-order chi connectivity index (χ0) is 12.4. The molecule has 100 valence electrons. The quantitative estimate of drug-likeness (QED) is 0.720. The van der Waals surface area contributed by atoms with E-state index >= 15 is 0 Å². The molecule has 19 heavy (non-hydrogen) atoms. The molecule has 0 radical (unpaired) electrons. The predicted molar refractivity (Wildman–Crippen MR) is 75.2 cm³/mol. The topological polar surface area (TPSA) is 18.5 Å². The van der Waals surface area contributed by atoms with Gasteiger partial charge >= 0.3 is 0 Å². The summed E-state index contributed by atoms with van der Waals surface area (Å²) in [5.41, 5.74) is 1.20. The van der Waals surface area contributed by atoms with Crippen molar-refractivity contribution in [3.05, 3.63) is 29.8 Å². The van der Waals surface area contributed by atoms with Crippen LogP contribution in [0.15, 0.2) is 24.3 Å². The third-order valence-electron chi connectivity index (χ3n) is 5.46. The summed E-state index contributed by atoms with van der Waals surface area (Å²) in [5.74, 6) is 2.53. The first-order valence-corrected chi connectivity index (χ1v) is 8.36. The number of hydrogen-bond acceptors (Lipinski definition) is 3. The van der Waals surface area contributed by atoms with E-state index < -0.39 is 0 Å². The van der Waals surface area contributed by atoms with Crippen LogP contribution in [0.3, 0.4) is 0 Å². The van der Waals surface area contributed by atoms with E-state index in [4.69, 9.17) is 9.47 Å². The maximum absolute atomic E-state index is 6.38. The van der Waals surface area contributed by atoms with Crippen molar-refractivity contribution in [2.45, 2.75) is 48.6 Å². The molecule has 2 bridgehead atoms. The summed E-state index contributed by atoms with van der Waals surface area (Å²) in [5, 5.41) is 1.35. The normalized spacial score (nSPS) is 46.1. The summed E-state index contributed by atoms with van der Waals surface area (Å²) in [6, 6.07) is 8.34. The van der Waals surface area contributed by atoms with Gasteiger partial charge in [-0.3, -0.25) is 0 Å². The highest BCUT2D eigenvalue weighted by Crippen LogP contribution is 2.64. The maximum Gasteiger partial charge on any atom is 0.224 e. The molecule has 0 amide bonds. The predicted octanol–water partition coefficient (Wildman–Crippen LogP) is 3.60. The molecule has 3 heterocycles. The Hall–Kier alpha value is -0.670. The largest absolute Gasteiger partial charge is 0.461 e. The van der Waals surface area contributed by atoms with Gasteiger partial charge in [-0.15, -0.1) is 11.8 Å². The average Bonchev–Trinajstić information content (AvgIpc) is 3.09. The van der Waals surface area contributed by atoms with Crippen LogP contribution in [0.2, 0.25) is 0 Å². The Balaban J connectivity index is 1.51. The Bertz CT molecular complexity index is 531. The average molecular weight is 274 g/mol. The monoisotopic (exact) mass is 274 g/mol. The van der Waals surface area contributed by atoms with Crippen molar-refractivity contribution >= 4 is 11.8 Å². The molecular formula is C16H18O2S. The fourth-order valence-electron chi connectivity index (χ4n) is 4.65. The van der Waals surface area contributed by atoms with E-state index in [1.807, 2.05) is 0 Å². The van der Waals surface area contributed by atoms with Gasteiger partial charge in [0, 0.05) is 17.2 Å². The van der Waals surface area contributed by atoms with Crippen molar-refractivity contribution in [1.29, 1.82) is 0 Å². The minimum atomic E-state index is -0.310. The SMILES string of the molecule is c1ccc2c(c1)COC1(CC3SC1C1CCCC31)O2. The van der Waals surface area contributed by atoms with E-state index in [-0.39, 0.29) is 5.79 Å². The molecule has 0 N–H and O–H groups in total. The molecule has 5 unspecified atom stereocenters. The van der Waals surface area contributed by atoms with Crippen molar-refractivity contribution in [3.63, 3.8) is 0 Å². The number of benzene rings is 1. The number of hydrogen-bond donors (Lipinski definition) is 0. The Morgan fingerprint density at radius 3 is 3.05 bits per heavy atom. The van der Waals surface area contributed by atoms with Gasteiger partial charge in [0.1, 0.15) is 5.75 Å². The second-order valence-electron chi connectivity index (χ2n) is 6.37. The summed E-state index contributed by atoms with van der Waals surface area (Å²) in [6.07, 6.45) is 5.33. The zero-order valence-corrected chi connectivity index (χ0v) is 11.7. The van der Waals surface area contributed by atoms with Crippen LogP contribution in [-0.2, 0) is 11.3 Å². The second-order valence-corrected chi connectivity index (χ2v) is 7.75. The van der Waals surface area contributed by atoms with Crippen LogP contribution in [0.4, 0.5) is 0 Å². The fourth-order valence-corrected chi connectivity index (χ4v) is 6.85. The van der Waals surface area contributed by atoms with E-state index in [1.54, 1.807) is 0 Å². The highest BCUT2D eigenvalue weighted by atomic mass is 32.2. The smallest absolute Gasteiger partial charge is 0.224 e. The van der Waals surface area contributed by atoms with Gasteiger partial charge in [0.05, 0.1) is 11.9 Å².